The number of likely N-dealkylation sites (N-methyl/N-ethyl adjacent to an activating group) is 1. The number of anilines is 1. The Hall–Kier alpha value is -2.29. The summed E-state index contributed by atoms with van der Waals surface area (Å²) in [6.45, 7) is 4.10. The predicted molar refractivity (Wildman–Crippen MR) is 81.1 cm³/mol. The van der Waals surface area contributed by atoms with Crippen LogP contribution in [-0.4, -0.2) is 18.1 Å². The van der Waals surface area contributed by atoms with Crippen molar-refractivity contribution in [1.82, 2.24) is 0 Å². The molecule has 2 aromatic carbocycles. The van der Waals surface area contributed by atoms with Crippen molar-refractivity contribution < 1.29 is 9.90 Å². The van der Waals surface area contributed by atoms with Crippen LogP contribution in [-0.2, 0) is 11.2 Å². The van der Waals surface area contributed by atoms with Crippen molar-refractivity contribution in [3.63, 3.8) is 0 Å². The molecule has 1 amide bonds. The highest BCUT2D eigenvalue weighted by Crippen LogP contribution is 2.20. The van der Waals surface area contributed by atoms with Crippen LogP contribution in [0.2, 0.25) is 0 Å². The Kier molecular flexibility index (Phi) is 4.08. The zero-order valence-electron chi connectivity index (χ0n) is 12.1. The second-order valence-electron chi connectivity index (χ2n) is 5.07. The molecule has 3 nitrogen and oxygen atoms in total. The number of carbonyl (C=O) groups is 1. The van der Waals surface area contributed by atoms with Gasteiger partial charge in [-0.3, -0.25) is 4.79 Å². The van der Waals surface area contributed by atoms with Gasteiger partial charge in [0.15, 0.2) is 0 Å². The molecule has 0 aliphatic carbocycles. The van der Waals surface area contributed by atoms with E-state index < -0.39 is 0 Å². The highest BCUT2D eigenvalue weighted by atomic mass is 16.3. The van der Waals surface area contributed by atoms with Crippen LogP contribution < -0.4 is 4.90 Å². The van der Waals surface area contributed by atoms with Crippen molar-refractivity contribution in [1.29, 1.82) is 0 Å². The van der Waals surface area contributed by atoms with Crippen molar-refractivity contribution in [3.8, 4) is 5.75 Å². The molecule has 20 heavy (non-hydrogen) atoms. The summed E-state index contributed by atoms with van der Waals surface area (Å²) in [7, 11) is 1.72. The van der Waals surface area contributed by atoms with Gasteiger partial charge in [0.2, 0.25) is 5.91 Å². The number of phenolic OH excluding ortho intramolecular Hbond substituents is 1. The minimum absolute atomic E-state index is 0.00106. The molecule has 0 saturated heterocycles. The predicted octanol–water partition coefficient (Wildman–Crippen LogP) is 3.21. The molecular formula is C17H19NO2. The monoisotopic (exact) mass is 269 g/mol. The van der Waals surface area contributed by atoms with Crippen molar-refractivity contribution in [2.24, 2.45) is 0 Å². The second kappa shape index (κ2) is 5.78. The molecule has 2 aromatic rings. The number of carbonyl (C=O) groups excluding carboxylic acids is 1. The molecule has 1 N–H and O–H groups in total. The zero-order valence-corrected chi connectivity index (χ0v) is 12.1. The molecule has 3 heteroatoms. The Morgan fingerprint density at radius 2 is 1.85 bits per heavy atom. The van der Waals surface area contributed by atoms with Crippen LogP contribution in [0.3, 0.4) is 0 Å². The summed E-state index contributed by atoms with van der Waals surface area (Å²) in [5.74, 6) is 0.159. The number of aromatic hydroxyl groups is 1. The van der Waals surface area contributed by atoms with Gasteiger partial charge in [-0.25, -0.2) is 0 Å². The van der Waals surface area contributed by atoms with Crippen LogP contribution in [0, 0.1) is 13.8 Å². The van der Waals surface area contributed by atoms with E-state index in [4.69, 9.17) is 0 Å². The number of nitrogens with zero attached hydrogens (tertiary/aromatic N) is 1. The van der Waals surface area contributed by atoms with Crippen LogP contribution in [0.1, 0.15) is 16.7 Å². The molecule has 0 aliphatic rings. The summed E-state index contributed by atoms with van der Waals surface area (Å²) in [5, 5.41) is 9.46. The fraction of sp³-hybridized carbons (Fsp3) is 0.235. The van der Waals surface area contributed by atoms with Crippen molar-refractivity contribution in [3.05, 3.63) is 59.2 Å². The Bertz CT molecular complexity index is 635. The van der Waals surface area contributed by atoms with Gasteiger partial charge in [-0.15, -0.1) is 0 Å². The van der Waals surface area contributed by atoms with E-state index in [1.54, 1.807) is 36.2 Å². The third kappa shape index (κ3) is 3.18. The third-order valence-corrected chi connectivity index (χ3v) is 3.52. The van der Waals surface area contributed by atoms with Gasteiger partial charge in [0, 0.05) is 18.8 Å². The minimum Gasteiger partial charge on any atom is -0.508 e. The highest BCUT2D eigenvalue weighted by molar-refractivity contribution is 5.94. The van der Waals surface area contributed by atoms with Crippen LogP contribution in [0.4, 0.5) is 5.69 Å². The summed E-state index contributed by atoms with van der Waals surface area (Å²) in [6.07, 6.45) is 0.354. The Labute approximate surface area is 119 Å². The smallest absolute Gasteiger partial charge is 0.231 e. The largest absolute Gasteiger partial charge is 0.508 e. The van der Waals surface area contributed by atoms with Gasteiger partial charge in [0.25, 0.3) is 0 Å². The molecule has 0 heterocycles. The van der Waals surface area contributed by atoms with Gasteiger partial charge < -0.3 is 10.0 Å². The van der Waals surface area contributed by atoms with Gasteiger partial charge in [-0.05, 0) is 42.7 Å². The quantitative estimate of drug-likeness (QED) is 0.929. The average molecular weight is 269 g/mol. The van der Waals surface area contributed by atoms with E-state index >= 15 is 0 Å². The molecule has 0 bridgehead atoms. The lowest BCUT2D eigenvalue weighted by atomic mass is 10.0. The van der Waals surface area contributed by atoms with Crippen molar-refractivity contribution >= 4 is 11.6 Å². The topological polar surface area (TPSA) is 40.5 Å². The molecule has 2 rings (SSSR count). The number of rotatable bonds is 3. The first-order valence-corrected chi connectivity index (χ1v) is 6.59. The number of phenols is 1. The number of amides is 1. The molecular weight excluding hydrogens is 250 g/mol. The van der Waals surface area contributed by atoms with E-state index in [9.17, 15) is 9.90 Å². The molecule has 0 atom stereocenters. The standard InChI is InChI=1S/C17H19NO2/c1-12-7-8-14(9-13(12)2)10-17(20)18(3)15-5-4-6-16(19)11-15/h4-9,11,19H,10H2,1-3H3. The van der Waals surface area contributed by atoms with Crippen LogP contribution in [0.15, 0.2) is 42.5 Å². The van der Waals surface area contributed by atoms with Gasteiger partial charge in [0.05, 0.1) is 6.42 Å². The first kappa shape index (κ1) is 14.1. The minimum atomic E-state index is -0.00106. The maximum absolute atomic E-state index is 12.3. The normalized spacial score (nSPS) is 10.3. The lowest BCUT2D eigenvalue weighted by molar-refractivity contribution is -0.117. The summed E-state index contributed by atoms with van der Waals surface area (Å²) >= 11 is 0. The first-order valence-electron chi connectivity index (χ1n) is 6.59. The lowest BCUT2D eigenvalue weighted by Gasteiger charge is -2.18. The maximum atomic E-state index is 12.3. The fourth-order valence-corrected chi connectivity index (χ4v) is 2.05. The third-order valence-electron chi connectivity index (χ3n) is 3.52. The SMILES string of the molecule is Cc1ccc(CC(=O)N(C)c2cccc(O)c2)cc1C. The summed E-state index contributed by atoms with van der Waals surface area (Å²) in [4.78, 5) is 13.8. The van der Waals surface area contributed by atoms with E-state index in [-0.39, 0.29) is 11.7 Å². The Balaban J connectivity index is 2.13. The van der Waals surface area contributed by atoms with Gasteiger partial charge in [0.1, 0.15) is 5.75 Å². The molecule has 104 valence electrons. The van der Waals surface area contributed by atoms with Crippen LogP contribution in [0.5, 0.6) is 5.75 Å². The van der Waals surface area contributed by atoms with E-state index in [0.717, 1.165) is 5.56 Å². The number of hydrogen-bond acceptors (Lipinski definition) is 2. The molecule has 0 saturated carbocycles. The summed E-state index contributed by atoms with van der Waals surface area (Å²) in [5.41, 5.74) is 4.11. The molecule has 0 spiro atoms. The zero-order chi connectivity index (χ0) is 14.7. The lowest BCUT2D eigenvalue weighted by Crippen LogP contribution is -2.27. The Morgan fingerprint density at radius 3 is 2.50 bits per heavy atom. The highest BCUT2D eigenvalue weighted by Gasteiger charge is 2.12. The summed E-state index contributed by atoms with van der Waals surface area (Å²) < 4.78 is 0. The fourth-order valence-electron chi connectivity index (χ4n) is 2.05. The molecule has 0 aliphatic heterocycles. The maximum Gasteiger partial charge on any atom is 0.231 e. The molecule has 0 fully saturated rings. The Morgan fingerprint density at radius 1 is 1.10 bits per heavy atom. The van der Waals surface area contributed by atoms with Crippen LogP contribution in [0.25, 0.3) is 0 Å². The summed E-state index contributed by atoms with van der Waals surface area (Å²) in [6, 6.07) is 12.8. The number of benzene rings is 2. The second-order valence-corrected chi connectivity index (χ2v) is 5.07. The molecule has 0 unspecified atom stereocenters. The van der Waals surface area contributed by atoms with E-state index in [1.807, 2.05) is 25.1 Å². The van der Waals surface area contributed by atoms with E-state index in [2.05, 4.69) is 6.92 Å². The van der Waals surface area contributed by atoms with Crippen molar-refractivity contribution in [2.45, 2.75) is 20.3 Å². The average Bonchev–Trinajstić information content (AvgIpc) is 2.42. The van der Waals surface area contributed by atoms with E-state index in [0.29, 0.717) is 12.1 Å². The van der Waals surface area contributed by atoms with Gasteiger partial charge in [-0.2, -0.15) is 0 Å². The van der Waals surface area contributed by atoms with E-state index in [1.165, 1.54) is 11.1 Å². The number of hydrogen-bond donors (Lipinski definition) is 1. The van der Waals surface area contributed by atoms with Gasteiger partial charge in [-0.1, -0.05) is 24.3 Å². The van der Waals surface area contributed by atoms with Crippen molar-refractivity contribution in [2.75, 3.05) is 11.9 Å². The first-order chi connectivity index (χ1) is 9.47. The van der Waals surface area contributed by atoms with Gasteiger partial charge >= 0.3 is 0 Å². The van der Waals surface area contributed by atoms with Crippen LogP contribution >= 0.6 is 0 Å². The molecule has 0 aromatic heterocycles. The number of aryl methyl sites for hydroxylation is 2. The molecule has 0 radical (unpaired) electrons.